The summed E-state index contributed by atoms with van der Waals surface area (Å²) in [6.07, 6.45) is -4.40. The van der Waals surface area contributed by atoms with E-state index in [1.807, 2.05) is 12.1 Å². The molecule has 0 saturated carbocycles. The average Bonchev–Trinajstić information content (AvgIpc) is 2.60. The van der Waals surface area contributed by atoms with Gasteiger partial charge in [-0.1, -0.05) is 18.2 Å². The summed E-state index contributed by atoms with van der Waals surface area (Å²) in [5.41, 5.74) is 2.48. The van der Waals surface area contributed by atoms with Gasteiger partial charge in [-0.15, -0.1) is 0 Å². The van der Waals surface area contributed by atoms with Crippen LogP contribution in [0.4, 0.5) is 13.2 Å². The van der Waals surface area contributed by atoms with Crippen molar-refractivity contribution in [3.8, 4) is 17.6 Å². The molecule has 0 atom stereocenters. The number of nitrogens with one attached hydrogen (secondary N) is 1. The molecule has 1 N–H and O–H groups in total. The molecule has 0 heterocycles. The lowest BCUT2D eigenvalue weighted by Gasteiger charge is -2.14. The van der Waals surface area contributed by atoms with Crippen LogP contribution in [0.2, 0.25) is 0 Å². The van der Waals surface area contributed by atoms with Crippen molar-refractivity contribution < 1.29 is 22.6 Å². The van der Waals surface area contributed by atoms with E-state index >= 15 is 0 Å². The number of hydrogen-bond acceptors (Lipinski definition) is 4. The summed E-state index contributed by atoms with van der Waals surface area (Å²) < 4.78 is 46.6. The molecule has 4 nitrogen and oxygen atoms in total. The van der Waals surface area contributed by atoms with Gasteiger partial charge in [-0.2, -0.15) is 18.4 Å². The van der Waals surface area contributed by atoms with Gasteiger partial charge in [0.2, 0.25) is 0 Å². The van der Waals surface area contributed by atoms with Crippen LogP contribution in [-0.2, 0) is 13.1 Å². The Balaban J connectivity index is 1.92. The zero-order valence-corrected chi connectivity index (χ0v) is 13.6. The summed E-state index contributed by atoms with van der Waals surface area (Å²) in [5.74, 6) is 0.303. The minimum atomic E-state index is -4.40. The number of halogens is 3. The molecule has 0 aliphatic heterocycles. The lowest BCUT2D eigenvalue weighted by atomic mass is 10.1. The van der Waals surface area contributed by atoms with E-state index in [0.717, 1.165) is 11.1 Å². The predicted octanol–water partition coefficient (Wildman–Crippen LogP) is 3.80. The van der Waals surface area contributed by atoms with Crippen molar-refractivity contribution in [2.45, 2.75) is 19.3 Å². The van der Waals surface area contributed by atoms with E-state index in [9.17, 15) is 13.2 Å². The van der Waals surface area contributed by atoms with Gasteiger partial charge in [-0.25, -0.2) is 0 Å². The van der Waals surface area contributed by atoms with Crippen LogP contribution in [0, 0.1) is 11.3 Å². The zero-order valence-electron chi connectivity index (χ0n) is 13.6. The van der Waals surface area contributed by atoms with Crippen molar-refractivity contribution in [3.63, 3.8) is 0 Å². The first-order valence-electron chi connectivity index (χ1n) is 7.47. The van der Waals surface area contributed by atoms with Crippen molar-refractivity contribution in [2.24, 2.45) is 0 Å². The highest BCUT2D eigenvalue weighted by Gasteiger charge is 2.29. The zero-order chi connectivity index (χ0) is 18.3. The van der Waals surface area contributed by atoms with Gasteiger partial charge in [0.15, 0.2) is 18.1 Å². The van der Waals surface area contributed by atoms with Gasteiger partial charge in [0.05, 0.1) is 18.7 Å². The Labute approximate surface area is 143 Å². The Morgan fingerprint density at radius 2 is 1.64 bits per heavy atom. The second kappa shape index (κ2) is 8.40. The van der Waals surface area contributed by atoms with Crippen LogP contribution in [-0.4, -0.2) is 19.9 Å². The summed E-state index contributed by atoms with van der Waals surface area (Å²) in [7, 11) is 1.38. The van der Waals surface area contributed by atoms with Gasteiger partial charge < -0.3 is 14.8 Å². The number of methoxy groups -OCH3 is 1. The first kappa shape index (κ1) is 18.6. The molecular weight excluding hydrogens is 333 g/mol. The van der Waals surface area contributed by atoms with Gasteiger partial charge in [0.1, 0.15) is 0 Å². The van der Waals surface area contributed by atoms with Gasteiger partial charge >= 0.3 is 6.18 Å². The fraction of sp³-hybridized carbons (Fsp3) is 0.278. The molecule has 0 radical (unpaired) electrons. The molecule has 0 amide bonds. The topological polar surface area (TPSA) is 54.3 Å². The van der Waals surface area contributed by atoms with E-state index in [0.29, 0.717) is 18.7 Å². The number of alkyl halides is 3. The van der Waals surface area contributed by atoms with E-state index < -0.39 is 12.8 Å². The Bertz CT molecular complexity index is 737. The third-order valence-corrected chi connectivity index (χ3v) is 3.36. The maximum atomic E-state index is 12.2. The van der Waals surface area contributed by atoms with Crippen LogP contribution in [0.25, 0.3) is 0 Å². The van der Waals surface area contributed by atoms with Crippen LogP contribution < -0.4 is 14.8 Å². The molecular formula is C18H17F3N2O2. The average molecular weight is 350 g/mol. The highest BCUT2D eigenvalue weighted by atomic mass is 19.4. The predicted molar refractivity (Wildman–Crippen MR) is 86.2 cm³/mol. The molecule has 2 aromatic rings. The summed E-state index contributed by atoms with van der Waals surface area (Å²) in [5, 5.41) is 12.0. The number of ether oxygens (including phenoxy) is 2. The number of benzene rings is 2. The van der Waals surface area contributed by atoms with Crippen molar-refractivity contribution in [1.82, 2.24) is 5.32 Å². The fourth-order valence-electron chi connectivity index (χ4n) is 2.15. The fourth-order valence-corrected chi connectivity index (χ4v) is 2.15. The lowest BCUT2D eigenvalue weighted by Crippen LogP contribution is -2.19. The van der Waals surface area contributed by atoms with Crippen LogP contribution in [0.3, 0.4) is 0 Å². The summed E-state index contributed by atoms with van der Waals surface area (Å²) in [6, 6.07) is 14.0. The van der Waals surface area contributed by atoms with E-state index in [1.165, 1.54) is 13.2 Å². The standard InChI is InChI=1S/C18H17F3N2O2/c1-24-17-8-15(6-7-16(17)25-12-18(19,20)21)11-23-10-14-4-2-13(9-22)3-5-14/h2-8,23H,10-12H2,1H3. The summed E-state index contributed by atoms with van der Waals surface area (Å²) in [6.45, 7) is -0.254. The third kappa shape index (κ3) is 6.01. The number of nitrogens with zero attached hydrogens (tertiary/aromatic N) is 1. The molecule has 2 rings (SSSR count). The number of nitriles is 1. The largest absolute Gasteiger partial charge is 0.493 e. The summed E-state index contributed by atoms with van der Waals surface area (Å²) >= 11 is 0. The molecule has 7 heteroatoms. The SMILES string of the molecule is COc1cc(CNCc2ccc(C#N)cc2)ccc1OCC(F)(F)F. The Morgan fingerprint density at radius 1 is 1.00 bits per heavy atom. The molecule has 0 aliphatic rings. The van der Waals surface area contributed by atoms with Gasteiger partial charge in [-0.3, -0.25) is 0 Å². The summed E-state index contributed by atoms with van der Waals surface area (Å²) in [4.78, 5) is 0. The third-order valence-electron chi connectivity index (χ3n) is 3.36. The smallest absolute Gasteiger partial charge is 0.422 e. The molecule has 2 aromatic carbocycles. The van der Waals surface area contributed by atoms with Crippen LogP contribution in [0.15, 0.2) is 42.5 Å². The Hall–Kier alpha value is -2.72. The highest BCUT2D eigenvalue weighted by molar-refractivity contribution is 5.43. The minimum Gasteiger partial charge on any atom is -0.493 e. The van der Waals surface area contributed by atoms with E-state index in [4.69, 9.17) is 14.7 Å². The quantitative estimate of drug-likeness (QED) is 0.825. The number of rotatable bonds is 7. The van der Waals surface area contributed by atoms with Crippen molar-refractivity contribution >= 4 is 0 Å². The van der Waals surface area contributed by atoms with E-state index in [1.54, 1.807) is 24.3 Å². The molecule has 0 unspecified atom stereocenters. The second-order valence-corrected chi connectivity index (χ2v) is 5.30. The van der Waals surface area contributed by atoms with Crippen molar-refractivity contribution in [3.05, 3.63) is 59.2 Å². The van der Waals surface area contributed by atoms with Crippen LogP contribution in [0.1, 0.15) is 16.7 Å². The molecule has 0 bridgehead atoms. The second-order valence-electron chi connectivity index (χ2n) is 5.30. The van der Waals surface area contributed by atoms with Crippen LogP contribution in [0.5, 0.6) is 11.5 Å². The maximum absolute atomic E-state index is 12.2. The van der Waals surface area contributed by atoms with Gasteiger partial charge in [-0.05, 0) is 35.4 Å². The lowest BCUT2D eigenvalue weighted by molar-refractivity contribution is -0.153. The van der Waals surface area contributed by atoms with Crippen molar-refractivity contribution in [2.75, 3.05) is 13.7 Å². The molecule has 0 aliphatic carbocycles. The van der Waals surface area contributed by atoms with Crippen LogP contribution >= 0.6 is 0 Å². The first-order valence-corrected chi connectivity index (χ1v) is 7.47. The normalized spacial score (nSPS) is 11.0. The Morgan fingerprint density at radius 3 is 2.24 bits per heavy atom. The first-order chi connectivity index (χ1) is 11.9. The number of hydrogen-bond donors (Lipinski definition) is 1. The van der Waals surface area contributed by atoms with Gasteiger partial charge in [0, 0.05) is 13.1 Å². The maximum Gasteiger partial charge on any atom is 0.422 e. The minimum absolute atomic E-state index is 0.0515. The molecule has 0 saturated heterocycles. The van der Waals surface area contributed by atoms with E-state index in [2.05, 4.69) is 11.4 Å². The van der Waals surface area contributed by atoms with E-state index in [-0.39, 0.29) is 11.5 Å². The monoisotopic (exact) mass is 350 g/mol. The molecule has 0 fully saturated rings. The highest BCUT2D eigenvalue weighted by Crippen LogP contribution is 2.29. The molecule has 0 spiro atoms. The molecule has 0 aromatic heterocycles. The van der Waals surface area contributed by atoms with Gasteiger partial charge in [0.25, 0.3) is 0 Å². The Kier molecular flexibility index (Phi) is 6.25. The molecule has 132 valence electrons. The van der Waals surface area contributed by atoms with Crippen molar-refractivity contribution in [1.29, 1.82) is 5.26 Å². The molecule has 25 heavy (non-hydrogen) atoms.